The van der Waals surface area contributed by atoms with Crippen LogP contribution in [0.2, 0.25) is 10.0 Å². The SMILES string of the molecule is CCCC(NC(=O)c1ccc(OC)c(S(=O)(=O)N(C)C)c1)c1ccc(Cl)c(Cl)c1. The van der Waals surface area contributed by atoms with Crippen molar-refractivity contribution in [3.8, 4) is 5.75 Å². The fraction of sp³-hybridized carbons (Fsp3) is 0.350. The molecule has 1 amide bonds. The van der Waals surface area contributed by atoms with Gasteiger partial charge < -0.3 is 10.1 Å². The number of hydrogen-bond donors (Lipinski definition) is 1. The number of benzene rings is 2. The Kier molecular flexibility index (Phi) is 7.94. The lowest BCUT2D eigenvalue weighted by molar-refractivity contribution is 0.0934. The van der Waals surface area contributed by atoms with Crippen molar-refractivity contribution in [2.24, 2.45) is 0 Å². The third-order valence-corrected chi connectivity index (χ3v) is 6.99. The van der Waals surface area contributed by atoms with Crippen molar-refractivity contribution in [3.63, 3.8) is 0 Å². The van der Waals surface area contributed by atoms with E-state index < -0.39 is 15.9 Å². The molecule has 2 aromatic rings. The molecule has 6 nitrogen and oxygen atoms in total. The number of methoxy groups -OCH3 is 1. The first kappa shape index (κ1) is 23.5. The predicted octanol–water partition coefficient (Wildman–Crippen LogP) is 4.52. The normalized spacial score (nSPS) is 12.7. The molecule has 1 unspecified atom stereocenters. The minimum absolute atomic E-state index is 0.0702. The Labute approximate surface area is 181 Å². The zero-order chi connectivity index (χ0) is 21.8. The van der Waals surface area contributed by atoms with Crippen LogP contribution in [0.4, 0.5) is 0 Å². The third-order valence-electron chi connectivity index (χ3n) is 4.41. The van der Waals surface area contributed by atoms with Crippen molar-refractivity contribution in [3.05, 3.63) is 57.6 Å². The van der Waals surface area contributed by atoms with Crippen molar-refractivity contribution in [2.75, 3.05) is 21.2 Å². The minimum atomic E-state index is -3.78. The first-order chi connectivity index (χ1) is 13.6. The van der Waals surface area contributed by atoms with E-state index in [1.807, 2.05) is 13.0 Å². The summed E-state index contributed by atoms with van der Waals surface area (Å²) in [4.78, 5) is 12.8. The zero-order valence-electron chi connectivity index (χ0n) is 16.7. The molecule has 0 saturated carbocycles. The molecular formula is C20H24Cl2N2O4S. The maximum absolute atomic E-state index is 12.9. The highest BCUT2D eigenvalue weighted by atomic mass is 35.5. The fourth-order valence-corrected chi connectivity index (χ4v) is 4.18. The second-order valence-electron chi connectivity index (χ2n) is 6.64. The standard InChI is InChI=1S/C20H24Cl2N2O4S/c1-5-6-17(13-7-9-15(21)16(22)11-13)23-20(25)14-8-10-18(28-4)19(12-14)29(26,27)24(2)3/h7-12,17H,5-6H2,1-4H3,(H,23,25). The lowest BCUT2D eigenvalue weighted by Gasteiger charge is -2.20. The van der Waals surface area contributed by atoms with E-state index in [2.05, 4.69) is 5.32 Å². The number of nitrogens with zero attached hydrogens (tertiary/aromatic N) is 1. The number of carbonyl (C=O) groups is 1. The number of hydrogen-bond acceptors (Lipinski definition) is 4. The van der Waals surface area contributed by atoms with Crippen LogP contribution in [0.1, 0.15) is 41.7 Å². The molecule has 0 saturated heterocycles. The summed E-state index contributed by atoms with van der Waals surface area (Å²) in [6, 6.07) is 9.24. The van der Waals surface area contributed by atoms with Gasteiger partial charge in [-0.3, -0.25) is 4.79 Å². The molecule has 158 valence electrons. The van der Waals surface area contributed by atoms with Crippen LogP contribution in [0.25, 0.3) is 0 Å². The molecular weight excluding hydrogens is 435 g/mol. The summed E-state index contributed by atoms with van der Waals surface area (Å²) in [6.45, 7) is 2.01. The maximum Gasteiger partial charge on any atom is 0.251 e. The second-order valence-corrected chi connectivity index (χ2v) is 9.58. The molecule has 0 aromatic heterocycles. The largest absolute Gasteiger partial charge is 0.495 e. The second kappa shape index (κ2) is 9.80. The molecule has 0 radical (unpaired) electrons. The van der Waals surface area contributed by atoms with Crippen LogP contribution in [0.5, 0.6) is 5.75 Å². The number of sulfonamides is 1. The Balaban J connectivity index is 2.38. The summed E-state index contributed by atoms with van der Waals surface area (Å²) >= 11 is 12.1. The lowest BCUT2D eigenvalue weighted by Crippen LogP contribution is -2.29. The number of amides is 1. The average Bonchev–Trinajstić information content (AvgIpc) is 2.69. The molecule has 1 N–H and O–H groups in total. The summed E-state index contributed by atoms with van der Waals surface area (Å²) < 4.78 is 31.4. The number of carbonyl (C=O) groups excluding carboxylic acids is 1. The lowest BCUT2D eigenvalue weighted by atomic mass is 10.0. The highest BCUT2D eigenvalue weighted by Crippen LogP contribution is 2.29. The summed E-state index contributed by atoms with van der Waals surface area (Å²) in [5.41, 5.74) is 1.04. The molecule has 0 aliphatic heterocycles. The van der Waals surface area contributed by atoms with Crippen LogP contribution in [-0.4, -0.2) is 39.8 Å². The predicted molar refractivity (Wildman–Crippen MR) is 115 cm³/mol. The molecule has 0 aliphatic rings. The van der Waals surface area contributed by atoms with Crippen LogP contribution >= 0.6 is 23.2 Å². The fourth-order valence-electron chi connectivity index (χ4n) is 2.80. The van der Waals surface area contributed by atoms with E-state index in [0.717, 1.165) is 16.3 Å². The van der Waals surface area contributed by atoms with Crippen LogP contribution in [0.3, 0.4) is 0 Å². The number of ether oxygens (including phenoxy) is 1. The Morgan fingerprint density at radius 2 is 1.83 bits per heavy atom. The average molecular weight is 459 g/mol. The Morgan fingerprint density at radius 3 is 2.38 bits per heavy atom. The van der Waals surface area contributed by atoms with Gasteiger partial charge in [0.2, 0.25) is 10.0 Å². The van der Waals surface area contributed by atoms with Gasteiger partial charge >= 0.3 is 0 Å². The first-order valence-corrected chi connectivity index (χ1v) is 11.2. The van der Waals surface area contributed by atoms with Crippen molar-refractivity contribution >= 4 is 39.1 Å². The van der Waals surface area contributed by atoms with Crippen molar-refractivity contribution in [1.29, 1.82) is 0 Å². The highest BCUT2D eigenvalue weighted by Gasteiger charge is 2.24. The van der Waals surface area contributed by atoms with Gasteiger partial charge in [-0.2, -0.15) is 0 Å². The smallest absolute Gasteiger partial charge is 0.251 e. The van der Waals surface area contributed by atoms with Crippen LogP contribution in [0.15, 0.2) is 41.3 Å². The van der Waals surface area contributed by atoms with Gasteiger partial charge in [0.25, 0.3) is 5.91 Å². The van der Waals surface area contributed by atoms with E-state index in [1.54, 1.807) is 12.1 Å². The minimum Gasteiger partial charge on any atom is -0.495 e. The van der Waals surface area contributed by atoms with Gasteiger partial charge in [-0.05, 0) is 42.3 Å². The number of halogens is 2. The zero-order valence-corrected chi connectivity index (χ0v) is 19.0. The van der Waals surface area contributed by atoms with Crippen molar-refractivity contribution in [2.45, 2.75) is 30.7 Å². The van der Waals surface area contributed by atoms with Crippen LogP contribution in [-0.2, 0) is 10.0 Å². The molecule has 0 aliphatic carbocycles. The quantitative estimate of drug-likeness (QED) is 0.630. The molecule has 29 heavy (non-hydrogen) atoms. The van der Waals surface area contributed by atoms with Crippen molar-refractivity contribution < 1.29 is 17.9 Å². The van der Waals surface area contributed by atoms with E-state index in [1.165, 1.54) is 39.4 Å². The Hall–Kier alpha value is -1.80. The Morgan fingerprint density at radius 1 is 1.14 bits per heavy atom. The third kappa shape index (κ3) is 5.42. The van der Waals surface area contributed by atoms with Gasteiger partial charge in [-0.15, -0.1) is 0 Å². The summed E-state index contributed by atoms with van der Waals surface area (Å²) in [5.74, 6) is -0.225. The van der Waals surface area contributed by atoms with E-state index in [-0.39, 0.29) is 22.3 Å². The van der Waals surface area contributed by atoms with E-state index in [9.17, 15) is 13.2 Å². The summed E-state index contributed by atoms with van der Waals surface area (Å²) in [7, 11) is 0.439. The molecule has 1 atom stereocenters. The summed E-state index contributed by atoms with van der Waals surface area (Å²) in [5, 5.41) is 3.79. The molecule has 0 heterocycles. The van der Waals surface area contributed by atoms with E-state index in [4.69, 9.17) is 27.9 Å². The topological polar surface area (TPSA) is 75.7 Å². The number of nitrogens with one attached hydrogen (secondary N) is 1. The van der Waals surface area contributed by atoms with Crippen LogP contribution in [0, 0.1) is 0 Å². The van der Waals surface area contributed by atoms with E-state index in [0.29, 0.717) is 16.5 Å². The van der Waals surface area contributed by atoms with Crippen molar-refractivity contribution in [1.82, 2.24) is 9.62 Å². The molecule has 0 fully saturated rings. The highest BCUT2D eigenvalue weighted by molar-refractivity contribution is 7.89. The van der Waals surface area contributed by atoms with Crippen LogP contribution < -0.4 is 10.1 Å². The first-order valence-electron chi connectivity index (χ1n) is 8.98. The summed E-state index contributed by atoms with van der Waals surface area (Å²) in [6.07, 6.45) is 1.51. The van der Waals surface area contributed by atoms with Gasteiger partial charge in [-0.1, -0.05) is 42.6 Å². The molecule has 0 spiro atoms. The molecule has 2 rings (SSSR count). The van der Waals surface area contributed by atoms with Gasteiger partial charge in [0.15, 0.2) is 0 Å². The van der Waals surface area contributed by atoms with Gasteiger partial charge in [0.05, 0.1) is 23.2 Å². The van der Waals surface area contributed by atoms with Gasteiger partial charge in [0, 0.05) is 19.7 Å². The number of rotatable bonds is 8. The molecule has 9 heteroatoms. The van der Waals surface area contributed by atoms with E-state index >= 15 is 0 Å². The maximum atomic E-state index is 12.9. The monoisotopic (exact) mass is 458 g/mol. The van der Waals surface area contributed by atoms with Gasteiger partial charge in [0.1, 0.15) is 10.6 Å². The molecule has 0 bridgehead atoms. The molecule has 2 aromatic carbocycles. The Bertz CT molecular complexity index is 994. The van der Waals surface area contributed by atoms with Gasteiger partial charge in [-0.25, -0.2) is 12.7 Å².